The van der Waals surface area contributed by atoms with Crippen LogP contribution < -0.4 is 24.4 Å². The zero-order valence-electron chi connectivity index (χ0n) is 22.5. The van der Waals surface area contributed by atoms with Gasteiger partial charge in [0.25, 0.3) is 0 Å². The summed E-state index contributed by atoms with van der Waals surface area (Å²) in [4.78, 5) is 4.97. The fourth-order valence-corrected chi connectivity index (χ4v) is 18.5. The number of nitrogens with zero attached hydrogens (tertiary/aromatic N) is 2. The van der Waals surface area contributed by atoms with Gasteiger partial charge in [-0.05, 0) is 0 Å². The second kappa shape index (κ2) is 8.44. The van der Waals surface area contributed by atoms with Gasteiger partial charge in [-0.1, -0.05) is 0 Å². The van der Waals surface area contributed by atoms with E-state index in [1.54, 1.807) is 0 Å². The molecule has 3 nitrogen and oxygen atoms in total. The number of anilines is 6. The zero-order chi connectivity index (χ0) is 27.4. The summed E-state index contributed by atoms with van der Waals surface area (Å²) in [5.41, 5.74) is 7.51. The van der Waals surface area contributed by atoms with Gasteiger partial charge in [0, 0.05) is 0 Å². The van der Waals surface area contributed by atoms with Gasteiger partial charge in [-0.15, -0.1) is 0 Å². The molecule has 0 aromatic heterocycles. The Hall–Kier alpha value is -4.66. The van der Waals surface area contributed by atoms with E-state index in [0.717, 1.165) is 11.5 Å². The molecule has 0 saturated heterocycles. The van der Waals surface area contributed by atoms with E-state index in [1.807, 2.05) is 0 Å². The van der Waals surface area contributed by atoms with Crippen LogP contribution in [0, 0.1) is 0 Å². The Bertz CT molecular complexity index is 2120. The predicted molar refractivity (Wildman–Crippen MR) is 176 cm³/mol. The Morgan fingerprint density at radius 1 is 0.381 bits per heavy atom. The van der Waals surface area contributed by atoms with Crippen molar-refractivity contribution in [1.29, 1.82) is 0 Å². The fourth-order valence-electron chi connectivity index (χ4n) is 7.01. The van der Waals surface area contributed by atoms with Gasteiger partial charge in [0.05, 0.1) is 0 Å². The molecule has 0 saturated carbocycles. The molecule has 0 bridgehead atoms. The third-order valence-corrected chi connectivity index (χ3v) is 19.3. The Morgan fingerprint density at radius 2 is 0.810 bits per heavy atom. The first-order valence-electron chi connectivity index (χ1n) is 14.3. The summed E-state index contributed by atoms with van der Waals surface area (Å²) < 4.78 is 11.2. The standard InChI is InChI=1S/C38H23N2O.Bi/c1-3-10-29-22-35(20-18-27(29)8-1)39-31-12-5-13-32(24-31)40(36-21-19-28-9-2-4-11-30(28)23-36)34-15-7-17-38(26-34)41-37-16-6-14-33(39)25-37;/h1-23H;. The van der Waals surface area contributed by atoms with Gasteiger partial charge in [0.15, 0.2) is 0 Å². The Kier molecular flexibility index (Phi) is 4.61. The molecule has 4 heteroatoms. The molecule has 0 fully saturated rings. The van der Waals surface area contributed by atoms with E-state index in [9.17, 15) is 0 Å². The van der Waals surface area contributed by atoms with E-state index in [0.29, 0.717) is 0 Å². The monoisotopic (exact) mass is 732 g/mol. The van der Waals surface area contributed by atoms with Crippen LogP contribution in [-0.4, -0.2) is 21.8 Å². The quantitative estimate of drug-likeness (QED) is 0.167. The second-order valence-corrected chi connectivity index (χ2v) is 18.9. The average Bonchev–Trinajstić information content (AvgIpc) is 3.04. The van der Waals surface area contributed by atoms with Gasteiger partial charge < -0.3 is 0 Å². The molecule has 0 radical (unpaired) electrons. The van der Waals surface area contributed by atoms with Gasteiger partial charge in [-0.25, -0.2) is 0 Å². The first-order chi connectivity index (χ1) is 20.8. The molecule has 7 aromatic carbocycles. The van der Waals surface area contributed by atoms with Crippen LogP contribution in [0.3, 0.4) is 0 Å². The Balaban J connectivity index is 1.29. The van der Waals surface area contributed by atoms with Crippen molar-refractivity contribution in [3.8, 4) is 11.5 Å². The molecule has 196 valence electrons. The first-order valence-corrected chi connectivity index (χ1v) is 19.5. The third-order valence-electron chi connectivity index (χ3n) is 8.79. The number of hydrogen-bond acceptors (Lipinski definition) is 3. The fraction of sp³-hybridized carbons (Fsp3) is 0. The predicted octanol–water partition coefficient (Wildman–Crippen LogP) is 8.18. The normalized spacial score (nSPS) is 14.2. The number of rotatable bonds is 2. The molecule has 10 rings (SSSR count). The Labute approximate surface area is 251 Å². The van der Waals surface area contributed by atoms with Gasteiger partial charge in [0.1, 0.15) is 0 Å². The molecule has 0 aliphatic carbocycles. The van der Waals surface area contributed by atoms with E-state index in [1.165, 1.54) is 65.5 Å². The van der Waals surface area contributed by atoms with E-state index in [4.69, 9.17) is 4.74 Å². The summed E-state index contributed by atoms with van der Waals surface area (Å²) in [6.07, 6.45) is 0. The van der Waals surface area contributed by atoms with Crippen molar-refractivity contribution in [3.63, 3.8) is 0 Å². The minimum absolute atomic E-state index is 1.03. The molecule has 7 aromatic rings. The summed E-state index contributed by atoms with van der Waals surface area (Å²) >= 11 is -2.76. The van der Waals surface area contributed by atoms with E-state index in [2.05, 4.69) is 149 Å². The number of ether oxygens (including phenoxy) is 1. The van der Waals surface area contributed by atoms with Gasteiger partial charge in [0.2, 0.25) is 0 Å². The third kappa shape index (κ3) is 3.03. The minimum atomic E-state index is -2.76. The van der Waals surface area contributed by atoms with Crippen molar-refractivity contribution >= 4 is 87.2 Å². The first kappa shape index (κ1) is 23.0. The Morgan fingerprint density at radius 3 is 1.31 bits per heavy atom. The van der Waals surface area contributed by atoms with Crippen LogP contribution >= 0.6 is 0 Å². The van der Waals surface area contributed by atoms with Crippen molar-refractivity contribution in [2.75, 3.05) is 9.80 Å². The van der Waals surface area contributed by atoms with E-state index in [-0.39, 0.29) is 0 Å². The average molecular weight is 733 g/mol. The molecule has 0 atom stereocenters. The van der Waals surface area contributed by atoms with Crippen LogP contribution in [0.2, 0.25) is 0 Å². The molecular formula is C38H23BiN2O. The molecule has 3 heterocycles. The van der Waals surface area contributed by atoms with Crippen molar-refractivity contribution in [3.05, 3.63) is 140 Å². The molecule has 0 spiro atoms. The molecule has 42 heavy (non-hydrogen) atoms. The van der Waals surface area contributed by atoms with Crippen molar-refractivity contribution < 1.29 is 4.74 Å². The SMILES string of the molecule is c1cc2[c]3c(c1)N(c1ccc4ccccc4c1)c1cccc4[c]1[Bi]3[c]1c(cccc1N4c1ccc3ccccc3c1)O2. The second-order valence-electron chi connectivity index (χ2n) is 11.1. The van der Waals surface area contributed by atoms with Crippen molar-refractivity contribution in [2.24, 2.45) is 0 Å². The molecular weight excluding hydrogens is 709 g/mol. The number of fused-ring (bicyclic) bond motifs is 2. The summed E-state index contributed by atoms with van der Waals surface area (Å²) in [6.45, 7) is 0. The van der Waals surface area contributed by atoms with E-state index < -0.39 is 21.8 Å². The van der Waals surface area contributed by atoms with Crippen LogP contribution in [0.25, 0.3) is 21.5 Å². The van der Waals surface area contributed by atoms with E-state index >= 15 is 0 Å². The van der Waals surface area contributed by atoms with Crippen molar-refractivity contribution in [1.82, 2.24) is 0 Å². The van der Waals surface area contributed by atoms with Crippen molar-refractivity contribution in [2.45, 2.75) is 0 Å². The summed E-state index contributed by atoms with van der Waals surface area (Å²) in [5, 5.41) is 5.00. The van der Waals surface area contributed by atoms with Gasteiger partial charge in [-0.3, -0.25) is 0 Å². The zero-order valence-corrected chi connectivity index (χ0v) is 26.0. The summed E-state index contributed by atoms with van der Waals surface area (Å²) in [7, 11) is 0. The molecule has 3 aliphatic heterocycles. The van der Waals surface area contributed by atoms with Crippen LogP contribution in [0.4, 0.5) is 34.1 Å². The maximum atomic E-state index is 6.76. The summed E-state index contributed by atoms with van der Waals surface area (Å²) in [5.74, 6) is 2.06. The van der Waals surface area contributed by atoms with Gasteiger partial charge >= 0.3 is 253 Å². The summed E-state index contributed by atoms with van der Waals surface area (Å²) in [6, 6.07) is 51.1. The molecule has 0 N–H and O–H groups in total. The molecule has 3 aliphatic rings. The number of hydrogen-bond donors (Lipinski definition) is 0. The number of benzene rings is 7. The maximum absolute atomic E-state index is 6.76. The molecule has 0 unspecified atom stereocenters. The van der Waals surface area contributed by atoms with Gasteiger partial charge in [-0.2, -0.15) is 0 Å². The van der Waals surface area contributed by atoms with Crippen LogP contribution in [-0.2, 0) is 0 Å². The van der Waals surface area contributed by atoms with Crippen LogP contribution in [0.15, 0.2) is 140 Å². The topological polar surface area (TPSA) is 15.7 Å². The van der Waals surface area contributed by atoms with Crippen LogP contribution in [0.1, 0.15) is 0 Å². The molecule has 0 amide bonds. The van der Waals surface area contributed by atoms with Crippen LogP contribution in [0.5, 0.6) is 11.5 Å².